The molecule has 0 saturated heterocycles. The first-order valence-electron chi connectivity index (χ1n) is 8.41. The normalized spacial score (nSPS) is 10.7. The Morgan fingerprint density at radius 1 is 1.11 bits per heavy atom. The van der Waals surface area contributed by atoms with E-state index in [4.69, 9.17) is 0 Å². The van der Waals surface area contributed by atoms with Gasteiger partial charge in [-0.15, -0.1) is 0 Å². The van der Waals surface area contributed by atoms with Crippen molar-refractivity contribution in [3.8, 4) is 22.7 Å². The zero-order valence-corrected chi connectivity index (χ0v) is 14.3. The zero-order chi connectivity index (χ0) is 18.6. The van der Waals surface area contributed by atoms with Crippen LogP contribution in [-0.4, -0.2) is 31.0 Å². The highest BCUT2D eigenvalue weighted by atomic mass is 16.3. The van der Waals surface area contributed by atoms with Gasteiger partial charge < -0.3 is 10.4 Å². The van der Waals surface area contributed by atoms with Gasteiger partial charge in [-0.25, -0.2) is 4.68 Å². The fourth-order valence-electron chi connectivity index (χ4n) is 2.68. The minimum Gasteiger partial charge on any atom is -0.508 e. The van der Waals surface area contributed by atoms with E-state index in [1.807, 2.05) is 36.5 Å². The van der Waals surface area contributed by atoms with Crippen molar-refractivity contribution >= 4 is 5.91 Å². The SMILES string of the molecule is O=C(NCc1ccc(-n2cccn2)cc1)c1cc(-c2ccc(O)cc2)n[nH]1. The molecule has 0 aliphatic rings. The highest BCUT2D eigenvalue weighted by molar-refractivity contribution is 5.93. The van der Waals surface area contributed by atoms with Crippen LogP contribution in [0.3, 0.4) is 0 Å². The Bertz CT molecular complexity index is 1030. The second-order valence-electron chi connectivity index (χ2n) is 6.01. The number of phenolic OH excluding ortho intramolecular Hbond substituents is 1. The topological polar surface area (TPSA) is 95.8 Å². The molecule has 0 aliphatic heterocycles. The van der Waals surface area contributed by atoms with Crippen molar-refractivity contribution in [1.82, 2.24) is 25.3 Å². The summed E-state index contributed by atoms with van der Waals surface area (Å²) in [5, 5.41) is 23.3. The standard InChI is InChI=1S/C20H17N5O2/c26-17-8-4-15(5-9-17)18-12-19(24-23-18)20(27)21-13-14-2-6-16(7-3-14)25-11-1-10-22-25/h1-12,26H,13H2,(H,21,27)(H,23,24). The smallest absolute Gasteiger partial charge is 0.269 e. The molecule has 0 radical (unpaired) electrons. The number of H-pyrrole nitrogens is 1. The quantitative estimate of drug-likeness (QED) is 0.510. The molecule has 0 spiro atoms. The maximum absolute atomic E-state index is 12.3. The lowest BCUT2D eigenvalue weighted by molar-refractivity contribution is 0.0946. The van der Waals surface area contributed by atoms with Crippen LogP contribution in [0.4, 0.5) is 0 Å². The van der Waals surface area contributed by atoms with Gasteiger partial charge in [0.1, 0.15) is 11.4 Å². The molecule has 2 aromatic carbocycles. The van der Waals surface area contributed by atoms with Crippen LogP contribution in [0.5, 0.6) is 5.75 Å². The number of phenols is 1. The Morgan fingerprint density at radius 2 is 1.89 bits per heavy atom. The second kappa shape index (κ2) is 7.17. The van der Waals surface area contributed by atoms with Gasteiger partial charge in [-0.05, 0) is 54.1 Å². The fourth-order valence-corrected chi connectivity index (χ4v) is 2.68. The molecule has 2 aromatic heterocycles. The first-order valence-corrected chi connectivity index (χ1v) is 8.41. The lowest BCUT2D eigenvalue weighted by atomic mass is 10.1. The molecular weight excluding hydrogens is 342 g/mol. The van der Waals surface area contributed by atoms with E-state index in [1.165, 1.54) is 0 Å². The molecule has 7 nitrogen and oxygen atoms in total. The van der Waals surface area contributed by atoms with Crippen molar-refractivity contribution in [3.05, 3.63) is 84.3 Å². The molecule has 4 aromatic rings. The Morgan fingerprint density at radius 3 is 2.59 bits per heavy atom. The summed E-state index contributed by atoms with van der Waals surface area (Å²) in [7, 11) is 0. The van der Waals surface area contributed by atoms with E-state index in [0.717, 1.165) is 16.8 Å². The molecular formula is C20H17N5O2. The van der Waals surface area contributed by atoms with Crippen LogP contribution in [0.25, 0.3) is 16.9 Å². The number of aromatic hydroxyl groups is 1. The third-order valence-electron chi connectivity index (χ3n) is 4.14. The van der Waals surface area contributed by atoms with Gasteiger partial charge in [-0.1, -0.05) is 12.1 Å². The lowest BCUT2D eigenvalue weighted by Gasteiger charge is -2.06. The van der Waals surface area contributed by atoms with Crippen LogP contribution in [-0.2, 0) is 6.54 Å². The Hall–Kier alpha value is -3.87. The average Bonchev–Trinajstić information content (AvgIpc) is 3.39. The van der Waals surface area contributed by atoms with Gasteiger partial charge in [0.05, 0.1) is 11.4 Å². The van der Waals surface area contributed by atoms with E-state index >= 15 is 0 Å². The average molecular weight is 359 g/mol. The third kappa shape index (κ3) is 3.72. The third-order valence-corrected chi connectivity index (χ3v) is 4.14. The lowest BCUT2D eigenvalue weighted by Crippen LogP contribution is -2.23. The molecule has 0 fully saturated rings. The van der Waals surface area contributed by atoms with Crippen LogP contribution in [0.1, 0.15) is 16.1 Å². The Labute approximate surface area is 155 Å². The summed E-state index contributed by atoms with van der Waals surface area (Å²) >= 11 is 0. The van der Waals surface area contributed by atoms with Gasteiger partial charge in [0.2, 0.25) is 0 Å². The van der Waals surface area contributed by atoms with Gasteiger partial charge in [0, 0.05) is 24.5 Å². The molecule has 0 bridgehead atoms. The van der Waals surface area contributed by atoms with Crippen molar-refractivity contribution < 1.29 is 9.90 Å². The molecule has 2 heterocycles. The van der Waals surface area contributed by atoms with Crippen LogP contribution in [0.2, 0.25) is 0 Å². The highest BCUT2D eigenvalue weighted by Crippen LogP contribution is 2.20. The van der Waals surface area contributed by atoms with Crippen molar-refractivity contribution in [1.29, 1.82) is 0 Å². The number of nitrogens with zero attached hydrogens (tertiary/aromatic N) is 3. The molecule has 1 amide bonds. The van der Waals surface area contributed by atoms with Crippen molar-refractivity contribution in [2.24, 2.45) is 0 Å². The van der Waals surface area contributed by atoms with E-state index in [-0.39, 0.29) is 11.7 Å². The number of aromatic amines is 1. The predicted molar refractivity (Wildman–Crippen MR) is 100 cm³/mol. The highest BCUT2D eigenvalue weighted by Gasteiger charge is 2.11. The molecule has 4 rings (SSSR count). The first kappa shape index (κ1) is 16.6. The van der Waals surface area contributed by atoms with Crippen LogP contribution in [0.15, 0.2) is 73.1 Å². The molecule has 27 heavy (non-hydrogen) atoms. The summed E-state index contributed by atoms with van der Waals surface area (Å²) in [6, 6.07) is 18.0. The van der Waals surface area contributed by atoms with Crippen molar-refractivity contribution in [2.75, 3.05) is 0 Å². The summed E-state index contributed by atoms with van der Waals surface area (Å²) in [6.07, 6.45) is 3.60. The van der Waals surface area contributed by atoms with Crippen LogP contribution in [0, 0.1) is 0 Å². The van der Waals surface area contributed by atoms with Gasteiger partial charge in [-0.3, -0.25) is 9.89 Å². The van der Waals surface area contributed by atoms with E-state index in [2.05, 4.69) is 20.6 Å². The summed E-state index contributed by atoms with van der Waals surface area (Å²) in [4.78, 5) is 12.3. The van der Waals surface area contributed by atoms with Gasteiger partial charge in [0.25, 0.3) is 5.91 Å². The number of hydrogen-bond acceptors (Lipinski definition) is 4. The number of aromatic nitrogens is 4. The maximum Gasteiger partial charge on any atom is 0.269 e. The fraction of sp³-hybridized carbons (Fsp3) is 0.0500. The number of carbonyl (C=O) groups is 1. The van der Waals surface area contributed by atoms with E-state index in [9.17, 15) is 9.90 Å². The first-order chi connectivity index (χ1) is 13.2. The van der Waals surface area contributed by atoms with E-state index in [0.29, 0.717) is 17.9 Å². The summed E-state index contributed by atoms with van der Waals surface area (Å²) in [5.41, 5.74) is 3.78. The van der Waals surface area contributed by atoms with Crippen LogP contribution < -0.4 is 5.32 Å². The molecule has 134 valence electrons. The predicted octanol–water partition coefficient (Wildman–Crippen LogP) is 2.90. The summed E-state index contributed by atoms with van der Waals surface area (Å²) in [5.74, 6) is -0.0468. The molecule has 0 atom stereocenters. The zero-order valence-electron chi connectivity index (χ0n) is 14.3. The molecule has 0 unspecified atom stereocenters. The number of benzene rings is 2. The minimum atomic E-state index is -0.233. The number of carbonyl (C=O) groups excluding carboxylic acids is 1. The number of nitrogens with one attached hydrogen (secondary N) is 2. The second-order valence-corrected chi connectivity index (χ2v) is 6.01. The number of rotatable bonds is 5. The Balaban J connectivity index is 1.39. The van der Waals surface area contributed by atoms with Crippen LogP contribution >= 0.6 is 0 Å². The number of hydrogen-bond donors (Lipinski definition) is 3. The molecule has 0 saturated carbocycles. The van der Waals surface area contributed by atoms with E-state index < -0.39 is 0 Å². The Kier molecular flexibility index (Phi) is 4.40. The summed E-state index contributed by atoms with van der Waals surface area (Å²) in [6.45, 7) is 0.409. The van der Waals surface area contributed by atoms with Crippen molar-refractivity contribution in [3.63, 3.8) is 0 Å². The van der Waals surface area contributed by atoms with Gasteiger partial charge in [-0.2, -0.15) is 10.2 Å². The van der Waals surface area contributed by atoms with Crippen molar-refractivity contribution in [2.45, 2.75) is 6.54 Å². The molecule has 0 aliphatic carbocycles. The van der Waals surface area contributed by atoms with E-state index in [1.54, 1.807) is 41.2 Å². The monoisotopic (exact) mass is 359 g/mol. The molecule has 3 N–H and O–H groups in total. The maximum atomic E-state index is 12.3. The largest absolute Gasteiger partial charge is 0.508 e. The van der Waals surface area contributed by atoms with Gasteiger partial charge >= 0.3 is 0 Å². The summed E-state index contributed by atoms with van der Waals surface area (Å²) < 4.78 is 1.78. The van der Waals surface area contributed by atoms with Gasteiger partial charge in [0.15, 0.2) is 0 Å². The molecule has 7 heteroatoms. The number of amides is 1. The minimum absolute atomic E-state index is 0.186.